The predicted octanol–water partition coefficient (Wildman–Crippen LogP) is 2.15. The van der Waals surface area contributed by atoms with Gasteiger partial charge in [0.25, 0.3) is 5.91 Å². The molecule has 1 atom stereocenters. The lowest BCUT2D eigenvalue weighted by atomic mass is 9.90. The van der Waals surface area contributed by atoms with E-state index in [1.165, 1.54) is 12.1 Å². The number of amides is 1. The predicted molar refractivity (Wildman–Crippen MR) is 73.0 cm³/mol. The molecule has 1 fully saturated rings. The molecule has 1 aromatic rings. The number of aromatic hydroxyl groups is 1. The minimum atomic E-state index is -0.785. The van der Waals surface area contributed by atoms with E-state index >= 15 is 0 Å². The number of hydrogen-bond donors (Lipinski definition) is 2. The highest BCUT2D eigenvalue weighted by Gasteiger charge is 2.27. The van der Waals surface area contributed by atoms with Crippen molar-refractivity contribution in [1.29, 1.82) is 0 Å². The van der Waals surface area contributed by atoms with Crippen LogP contribution in [0.5, 0.6) is 5.75 Å². The molecule has 1 saturated heterocycles. The third-order valence-corrected chi connectivity index (χ3v) is 3.98. The number of carbonyl (C=O) groups is 1. The molecule has 4 nitrogen and oxygen atoms in total. The number of benzene rings is 1. The van der Waals surface area contributed by atoms with E-state index < -0.39 is 11.6 Å². The van der Waals surface area contributed by atoms with Gasteiger partial charge in [0, 0.05) is 18.7 Å². The van der Waals surface area contributed by atoms with Gasteiger partial charge in [-0.25, -0.2) is 4.39 Å². The number of carbonyl (C=O) groups excluding carboxylic acids is 1. The summed E-state index contributed by atoms with van der Waals surface area (Å²) in [7, 11) is 0. The molecule has 1 heterocycles. The van der Waals surface area contributed by atoms with Crippen molar-refractivity contribution in [2.45, 2.75) is 32.3 Å². The van der Waals surface area contributed by atoms with Gasteiger partial charge >= 0.3 is 0 Å². The number of halogens is 1. The van der Waals surface area contributed by atoms with Crippen LogP contribution >= 0.6 is 0 Å². The smallest absolute Gasteiger partial charge is 0.253 e. The number of rotatable bonds is 3. The zero-order chi connectivity index (χ0) is 14.7. The monoisotopic (exact) mass is 281 g/mol. The third kappa shape index (κ3) is 3.10. The van der Waals surface area contributed by atoms with Crippen LogP contribution in [0, 0.1) is 11.7 Å². The van der Waals surface area contributed by atoms with Gasteiger partial charge in [0.15, 0.2) is 11.6 Å². The van der Waals surface area contributed by atoms with E-state index in [4.69, 9.17) is 5.11 Å². The second kappa shape index (κ2) is 6.22. The summed E-state index contributed by atoms with van der Waals surface area (Å²) >= 11 is 0. The fourth-order valence-electron chi connectivity index (χ4n) is 2.64. The van der Waals surface area contributed by atoms with Crippen LogP contribution in [-0.4, -0.2) is 40.2 Å². The van der Waals surface area contributed by atoms with Gasteiger partial charge < -0.3 is 15.1 Å². The van der Waals surface area contributed by atoms with Gasteiger partial charge in [-0.15, -0.1) is 0 Å². The minimum Gasteiger partial charge on any atom is -0.505 e. The van der Waals surface area contributed by atoms with Crippen molar-refractivity contribution in [2.24, 2.45) is 5.92 Å². The molecule has 5 heteroatoms. The Hall–Kier alpha value is -1.62. The topological polar surface area (TPSA) is 60.8 Å². The summed E-state index contributed by atoms with van der Waals surface area (Å²) in [6.07, 6.45) is 1.95. The maximum absolute atomic E-state index is 13.3. The number of phenols is 1. The zero-order valence-corrected chi connectivity index (χ0v) is 11.6. The molecule has 0 aromatic heterocycles. The Morgan fingerprint density at radius 3 is 2.65 bits per heavy atom. The lowest BCUT2D eigenvalue weighted by molar-refractivity contribution is 0.0453. The van der Waals surface area contributed by atoms with Crippen molar-refractivity contribution < 1.29 is 19.4 Å². The summed E-state index contributed by atoms with van der Waals surface area (Å²) in [5.41, 5.74) is 0.245. The first-order valence-corrected chi connectivity index (χ1v) is 6.98. The maximum Gasteiger partial charge on any atom is 0.253 e. The number of piperidine rings is 1. The average molecular weight is 281 g/mol. The molecule has 2 rings (SSSR count). The Labute approximate surface area is 117 Å². The Morgan fingerprint density at radius 2 is 2.10 bits per heavy atom. The van der Waals surface area contributed by atoms with Crippen molar-refractivity contribution in [3.63, 3.8) is 0 Å². The fraction of sp³-hybridized carbons (Fsp3) is 0.533. The third-order valence-electron chi connectivity index (χ3n) is 3.98. The first-order chi connectivity index (χ1) is 9.52. The van der Waals surface area contributed by atoms with E-state index in [1.807, 2.05) is 6.92 Å². The van der Waals surface area contributed by atoms with Gasteiger partial charge in [-0.05, 0) is 43.4 Å². The van der Waals surface area contributed by atoms with E-state index in [1.54, 1.807) is 4.90 Å². The number of likely N-dealkylation sites (tertiary alicyclic amines) is 1. The van der Waals surface area contributed by atoms with E-state index in [9.17, 15) is 14.3 Å². The van der Waals surface area contributed by atoms with Crippen molar-refractivity contribution in [2.75, 3.05) is 13.1 Å². The average Bonchev–Trinajstić information content (AvgIpc) is 2.48. The maximum atomic E-state index is 13.3. The molecular weight excluding hydrogens is 261 g/mol. The fourth-order valence-corrected chi connectivity index (χ4v) is 2.64. The van der Waals surface area contributed by atoms with Gasteiger partial charge in [-0.3, -0.25) is 4.79 Å². The van der Waals surface area contributed by atoms with E-state index in [-0.39, 0.29) is 23.5 Å². The largest absolute Gasteiger partial charge is 0.505 e. The molecular formula is C15H20FNO3. The molecule has 0 radical (unpaired) electrons. The van der Waals surface area contributed by atoms with Crippen LogP contribution < -0.4 is 0 Å². The van der Waals surface area contributed by atoms with Gasteiger partial charge in [-0.2, -0.15) is 0 Å². The summed E-state index contributed by atoms with van der Waals surface area (Å²) in [5, 5.41) is 18.9. The summed E-state index contributed by atoms with van der Waals surface area (Å²) in [6, 6.07) is 3.68. The molecule has 1 aliphatic heterocycles. The quantitative estimate of drug-likeness (QED) is 0.892. The summed E-state index contributed by atoms with van der Waals surface area (Å²) in [4.78, 5) is 13.9. The van der Waals surface area contributed by atoms with Crippen LogP contribution in [0.2, 0.25) is 0 Å². The Bertz CT molecular complexity index is 484. The summed E-state index contributed by atoms with van der Waals surface area (Å²) in [6.45, 7) is 3.09. The first-order valence-electron chi connectivity index (χ1n) is 6.98. The normalized spacial score (nSPS) is 18.1. The van der Waals surface area contributed by atoms with Crippen LogP contribution in [0.3, 0.4) is 0 Å². The molecule has 0 saturated carbocycles. The molecule has 1 amide bonds. The highest BCUT2D eigenvalue weighted by atomic mass is 19.1. The second-order valence-electron chi connectivity index (χ2n) is 5.27. The molecule has 2 N–H and O–H groups in total. The van der Waals surface area contributed by atoms with Gasteiger partial charge in [-0.1, -0.05) is 6.92 Å². The first kappa shape index (κ1) is 14.8. The van der Waals surface area contributed by atoms with Gasteiger partial charge in [0.05, 0.1) is 6.10 Å². The van der Waals surface area contributed by atoms with E-state index in [2.05, 4.69) is 0 Å². The van der Waals surface area contributed by atoms with Gasteiger partial charge in [0.1, 0.15) is 0 Å². The number of hydrogen-bond acceptors (Lipinski definition) is 3. The van der Waals surface area contributed by atoms with E-state index in [0.29, 0.717) is 13.1 Å². The SMILES string of the molecule is CCC(O)C1CCN(C(=O)c2ccc(O)c(F)c2)CC1. The van der Waals surface area contributed by atoms with Crippen LogP contribution in [-0.2, 0) is 0 Å². The Kier molecular flexibility index (Phi) is 4.60. The number of phenolic OH excluding ortho intramolecular Hbond substituents is 1. The molecule has 110 valence electrons. The van der Waals surface area contributed by atoms with Gasteiger partial charge in [0.2, 0.25) is 0 Å². The molecule has 0 bridgehead atoms. The Morgan fingerprint density at radius 1 is 1.45 bits per heavy atom. The highest BCUT2D eigenvalue weighted by Crippen LogP contribution is 2.24. The van der Waals surface area contributed by atoms with Crippen LogP contribution in [0.25, 0.3) is 0 Å². The van der Waals surface area contributed by atoms with Crippen molar-refractivity contribution >= 4 is 5.91 Å². The molecule has 1 unspecified atom stereocenters. The van der Waals surface area contributed by atoms with Crippen molar-refractivity contribution in [1.82, 2.24) is 4.90 Å². The van der Waals surface area contributed by atoms with Crippen LogP contribution in [0.1, 0.15) is 36.5 Å². The van der Waals surface area contributed by atoms with Crippen molar-refractivity contribution in [3.05, 3.63) is 29.6 Å². The molecule has 20 heavy (non-hydrogen) atoms. The van der Waals surface area contributed by atoms with E-state index in [0.717, 1.165) is 25.3 Å². The van der Waals surface area contributed by atoms with Crippen LogP contribution in [0.15, 0.2) is 18.2 Å². The number of aliphatic hydroxyl groups is 1. The molecule has 1 aromatic carbocycles. The lowest BCUT2D eigenvalue weighted by Gasteiger charge is -2.34. The molecule has 1 aliphatic rings. The number of nitrogens with zero attached hydrogens (tertiary/aromatic N) is 1. The summed E-state index contributed by atoms with van der Waals surface area (Å²) in [5.74, 6) is -1.23. The molecule has 0 aliphatic carbocycles. The molecule has 0 spiro atoms. The zero-order valence-electron chi connectivity index (χ0n) is 11.6. The van der Waals surface area contributed by atoms with Crippen molar-refractivity contribution in [3.8, 4) is 5.75 Å². The standard InChI is InChI=1S/C15H20FNO3/c1-2-13(18)10-5-7-17(8-6-10)15(20)11-3-4-14(19)12(16)9-11/h3-4,9-10,13,18-19H,2,5-8H2,1H3. The summed E-state index contributed by atoms with van der Waals surface area (Å²) < 4.78 is 13.3. The van der Waals surface area contributed by atoms with Crippen LogP contribution in [0.4, 0.5) is 4.39 Å². The lowest BCUT2D eigenvalue weighted by Crippen LogP contribution is -2.41. The highest BCUT2D eigenvalue weighted by molar-refractivity contribution is 5.94. The Balaban J connectivity index is 1.99. The number of aliphatic hydroxyl groups excluding tert-OH is 1. The second-order valence-corrected chi connectivity index (χ2v) is 5.27. The minimum absolute atomic E-state index is 0.228.